The van der Waals surface area contributed by atoms with Crippen LogP contribution >= 0.6 is 0 Å². The van der Waals surface area contributed by atoms with Crippen molar-refractivity contribution in [1.82, 2.24) is 0 Å². The van der Waals surface area contributed by atoms with Gasteiger partial charge in [-0.1, -0.05) is 0 Å². The molecule has 0 N–H and O–H groups in total. The van der Waals surface area contributed by atoms with Gasteiger partial charge in [0.25, 0.3) is 17.1 Å². The number of hydrogen-bond donors (Lipinski definition) is 0. The zero-order valence-electron chi connectivity index (χ0n) is 11.6. The number of rotatable bonds is 2. The predicted molar refractivity (Wildman–Crippen MR) is 83.1 cm³/mol. The average Bonchev–Trinajstić information content (AvgIpc) is 2.83. The minimum atomic E-state index is -0.730. The van der Waals surface area contributed by atoms with Crippen molar-refractivity contribution in [2.75, 3.05) is 0 Å². The lowest BCUT2D eigenvalue weighted by molar-refractivity contribution is -0.385. The van der Waals surface area contributed by atoms with Crippen molar-refractivity contribution in [2.24, 2.45) is 0 Å². The molecule has 0 aliphatic rings. The second kappa shape index (κ2) is 4.97. The first-order valence-corrected chi connectivity index (χ1v) is 6.36. The fourth-order valence-electron chi connectivity index (χ4n) is 2.70. The van der Waals surface area contributed by atoms with Gasteiger partial charge in [0.1, 0.15) is 0 Å². The van der Waals surface area contributed by atoms with Crippen molar-refractivity contribution in [1.29, 1.82) is 5.26 Å². The molecule has 0 unspecified atom stereocenters. The van der Waals surface area contributed by atoms with Crippen LogP contribution in [0.5, 0.6) is 0 Å². The van der Waals surface area contributed by atoms with Crippen LogP contribution < -0.4 is 10.6 Å². The highest BCUT2D eigenvalue weighted by Crippen LogP contribution is 2.32. The maximum absolute atomic E-state index is 12.5. The van der Waals surface area contributed by atoms with E-state index in [1.165, 1.54) is 0 Å². The normalized spacial score (nSPS) is 11.9. The van der Waals surface area contributed by atoms with Gasteiger partial charge in [0, 0.05) is 40.3 Å². The van der Waals surface area contributed by atoms with Gasteiger partial charge in [-0.25, -0.2) is 10.1 Å². The highest BCUT2D eigenvalue weighted by molar-refractivity contribution is 6.14. The Morgan fingerprint density at radius 1 is 1.08 bits per heavy atom. The summed E-state index contributed by atoms with van der Waals surface area (Å²) >= 11 is 0. The van der Waals surface area contributed by atoms with Gasteiger partial charge in [-0.3, -0.25) is 25.0 Å². The van der Waals surface area contributed by atoms with Crippen LogP contribution in [-0.4, -0.2) is 9.85 Å². The molecule has 24 heavy (non-hydrogen) atoms. The molecule has 114 valence electrons. The highest BCUT2D eigenvalue weighted by atomic mass is 16.6. The fraction of sp³-hybridized carbons (Fsp3) is 0. The molecule has 9 nitrogen and oxygen atoms in total. The van der Waals surface area contributed by atoms with Crippen LogP contribution in [0, 0.1) is 38.1 Å². The van der Waals surface area contributed by atoms with Crippen LogP contribution in [0.25, 0.3) is 32.1 Å². The van der Waals surface area contributed by atoms with E-state index in [-0.39, 0.29) is 26.8 Å². The van der Waals surface area contributed by atoms with Crippen molar-refractivity contribution in [2.45, 2.75) is 0 Å². The van der Waals surface area contributed by atoms with Gasteiger partial charge in [0.15, 0.2) is 5.43 Å². The van der Waals surface area contributed by atoms with Crippen LogP contribution in [0.1, 0.15) is 0 Å². The molecule has 0 spiro atoms. The molecular weight excluding hydrogens is 316 g/mol. The summed E-state index contributed by atoms with van der Waals surface area (Å²) in [5.74, 6) is 0. The molecule has 0 saturated carbocycles. The van der Waals surface area contributed by atoms with E-state index in [0.717, 1.165) is 24.3 Å². The summed E-state index contributed by atoms with van der Waals surface area (Å²) in [4.78, 5) is 36.2. The maximum Gasteiger partial charge on any atom is 0.273 e. The summed E-state index contributed by atoms with van der Waals surface area (Å²) < 4.78 is 0. The van der Waals surface area contributed by atoms with Gasteiger partial charge in [0.2, 0.25) is 0 Å². The monoisotopic (exact) mass is 320 g/mol. The molecule has 9 heteroatoms. The molecule has 0 fully saturated rings. The number of non-ortho nitro benzene ring substituents is 2. The maximum atomic E-state index is 12.5. The first-order chi connectivity index (χ1) is 11.4. The number of benzene rings is 2. The van der Waals surface area contributed by atoms with E-state index in [1.807, 2.05) is 0 Å². The van der Waals surface area contributed by atoms with E-state index in [4.69, 9.17) is 11.8 Å². The smallest absolute Gasteiger partial charge is 0.273 e. The van der Waals surface area contributed by atoms with Gasteiger partial charge >= 0.3 is 0 Å². The fourth-order valence-corrected chi connectivity index (χ4v) is 2.70. The van der Waals surface area contributed by atoms with E-state index in [9.17, 15) is 25.0 Å². The summed E-state index contributed by atoms with van der Waals surface area (Å²) in [7, 11) is 0. The quantitative estimate of drug-likeness (QED) is 0.402. The van der Waals surface area contributed by atoms with Crippen molar-refractivity contribution >= 4 is 38.6 Å². The summed E-state index contributed by atoms with van der Waals surface area (Å²) in [6.45, 7) is 7.01. The van der Waals surface area contributed by atoms with Crippen molar-refractivity contribution < 1.29 is 9.85 Å². The molecule has 0 saturated heterocycles. The zero-order valence-corrected chi connectivity index (χ0v) is 11.6. The van der Waals surface area contributed by atoms with Crippen LogP contribution in [0.3, 0.4) is 0 Å². The lowest BCUT2D eigenvalue weighted by Crippen LogP contribution is -2.21. The lowest BCUT2D eigenvalue weighted by atomic mass is 10.0. The molecule has 0 aliphatic heterocycles. The number of nitro benzene ring substituents is 2. The molecule has 0 atom stereocenters. The van der Waals surface area contributed by atoms with Gasteiger partial charge in [-0.2, -0.15) is 0 Å². The van der Waals surface area contributed by atoms with Gasteiger partial charge in [-0.05, 0) is 10.8 Å². The predicted octanol–water partition coefficient (Wildman–Crippen LogP) is 1.88. The average molecular weight is 320 g/mol. The van der Waals surface area contributed by atoms with Gasteiger partial charge in [-0.15, -0.1) is 0 Å². The third-order valence-corrected chi connectivity index (χ3v) is 3.64. The van der Waals surface area contributed by atoms with Crippen LogP contribution in [0.4, 0.5) is 11.4 Å². The molecular formula is C15H4N4O5. The Kier molecular flexibility index (Phi) is 3.07. The van der Waals surface area contributed by atoms with Gasteiger partial charge < -0.3 is 0 Å². The second-order valence-electron chi connectivity index (χ2n) is 4.88. The SMILES string of the molecule is [C-]#[N+]/C(C#N)=c1\c(=O)c2cc([N+](=O)[O-])cc3cc([N+](=O)[O-])cc1c32. The van der Waals surface area contributed by atoms with Crippen molar-refractivity contribution in [3.8, 4) is 6.07 Å². The van der Waals surface area contributed by atoms with Gasteiger partial charge in [0.05, 0.1) is 22.5 Å². The Hall–Kier alpha value is -4.11. The Morgan fingerprint density at radius 3 is 2.08 bits per heavy atom. The minimum Gasteiger partial charge on any atom is -0.290 e. The molecule has 0 heterocycles. The van der Waals surface area contributed by atoms with E-state index in [2.05, 4.69) is 4.85 Å². The summed E-state index contributed by atoms with van der Waals surface area (Å²) in [6, 6.07) is 5.97. The molecule has 3 aromatic carbocycles. The highest BCUT2D eigenvalue weighted by Gasteiger charge is 2.21. The zero-order chi connectivity index (χ0) is 17.6. The van der Waals surface area contributed by atoms with E-state index < -0.39 is 32.3 Å². The largest absolute Gasteiger partial charge is 0.290 e. The Balaban J connectivity index is 2.75. The number of nitrogens with zero attached hydrogens (tertiary/aromatic N) is 4. The first kappa shape index (κ1) is 14.8. The molecule has 0 amide bonds. The van der Waals surface area contributed by atoms with Crippen LogP contribution in [-0.2, 0) is 0 Å². The third-order valence-electron chi connectivity index (χ3n) is 3.64. The first-order valence-electron chi connectivity index (χ1n) is 6.36. The molecule has 3 rings (SSSR count). The number of nitro groups is 2. The summed E-state index contributed by atoms with van der Waals surface area (Å²) in [5, 5.41) is 31.3. The molecule has 0 radical (unpaired) electrons. The Morgan fingerprint density at radius 2 is 1.62 bits per heavy atom. The van der Waals surface area contributed by atoms with Crippen molar-refractivity contribution in [3.63, 3.8) is 0 Å². The Labute approximate surface area is 132 Å². The van der Waals surface area contributed by atoms with E-state index in [0.29, 0.717) is 0 Å². The standard InChI is InChI=1S/C15H4N4O5/c1-17-12(6-16)14-10-4-8(18(21)22)2-7-3-9(19(23)24)5-11(13(7)10)15(14)20/h2-5H/b14-12-. The van der Waals surface area contributed by atoms with E-state index >= 15 is 0 Å². The molecule has 0 bridgehead atoms. The molecule has 0 aromatic heterocycles. The van der Waals surface area contributed by atoms with Crippen LogP contribution in [0.2, 0.25) is 0 Å². The minimum absolute atomic E-state index is 0.0458. The molecule has 0 aliphatic carbocycles. The van der Waals surface area contributed by atoms with Crippen molar-refractivity contribution in [3.05, 3.63) is 71.4 Å². The summed E-state index contributed by atoms with van der Waals surface area (Å²) in [5.41, 5.74) is -2.04. The number of nitriles is 1. The molecule has 3 aromatic rings. The van der Waals surface area contributed by atoms with Crippen LogP contribution in [0.15, 0.2) is 29.1 Å². The topological polar surface area (TPSA) is 132 Å². The van der Waals surface area contributed by atoms with E-state index in [1.54, 1.807) is 6.07 Å². The number of hydrogen-bond acceptors (Lipinski definition) is 6. The Bertz CT molecular complexity index is 1230. The second-order valence-corrected chi connectivity index (χ2v) is 4.88. The third kappa shape index (κ3) is 1.90. The summed E-state index contributed by atoms with van der Waals surface area (Å²) in [6.07, 6.45) is 0. The lowest BCUT2D eigenvalue weighted by Gasteiger charge is -2.00.